The minimum atomic E-state index is 0.756. The van der Waals surface area contributed by atoms with Crippen molar-refractivity contribution in [3.05, 3.63) is 0 Å². The fourth-order valence-corrected chi connectivity index (χ4v) is 1.82. The first-order valence-corrected chi connectivity index (χ1v) is 5.18. The van der Waals surface area contributed by atoms with E-state index in [1.807, 2.05) is 0 Å². The summed E-state index contributed by atoms with van der Waals surface area (Å²) in [4.78, 5) is 2.17. The molecule has 0 aliphatic heterocycles. The van der Waals surface area contributed by atoms with Gasteiger partial charge >= 0.3 is 0 Å². The summed E-state index contributed by atoms with van der Waals surface area (Å²) >= 11 is 0. The van der Waals surface area contributed by atoms with Gasteiger partial charge in [0.05, 0.1) is 6.54 Å². The van der Waals surface area contributed by atoms with Gasteiger partial charge in [0.1, 0.15) is 0 Å². The number of likely N-dealkylation sites (N-methyl/N-ethyl adjacent to an activating group) is 1. The molecule has 0 saturated heterocycles. The molecule has 0 aromatic heterocycles. The highest BCUT2D eigenvalue weighted by Gasteiger charge is 2.13. The maximum atomic E-state index is 5.21. The van der Waals surface area contributed by atoms with E-state index in [1.165, 1.54) is 25.7 Å². The lowest BCUT2D eigenvalue weighted by Crippen LogP contribution is -2.34. The average molecular weight is 180 g/mol. The second-order valence-electron chi connectivity index (χ2n) is 3.88. The van der Waals surface area contributed by atoms with Crippen LogP contribution in [0.15, 0.2) is 0 Å². The zero-order chi connectivity index (χ0) is 9.52. The van der Waals surface area contributed by atoms with Crippen LogP contribution in [0.5, 0.6) is 0 Å². The number of hydrogen-bond donors (Lipinski definition) is 1. The largest absolute Gasteiger partial charge is 0.313 e. The summed E-state index contributed by atoms with van der Waals surface area (Å²) in [7, 11) is 2.07. The van der Waals surface area contributed by atoms with Crippen LogP contribution in [0.25, 0.3) is 0 Å². The SMILES string of the molecule is C#CCN(C)CCNC1CCCC1. The molecule has 13 heavy (non-hydrogen) atoms. The molecule has 0 atom stereocenters. The normalized spacial score (nSPS) is 17.9. The van der Waals surface area contributed by atoms with E-state index in [4.69, 9.17) is 6.42 Å². The number of nitrogens with one attached hydrogen (secondary N) is 1. The van der Waals surface area contributed by atoms with E-state index in [-0.39, 0.29) is 0 Å². The Morgan fingerprint density at radius 2 is 2.15 bits per heavy atom. The van der Waals surface area contributed by atoms with Gasteiger partial charge in [-0.2, -0.15) is 0 Å². The summed E-state index contributed by atoms with van der Waals surface area (Å²) in [5.74, 6) is 2.64. The molecule has 0 bridgehead atoms. The highest BCUT2D eigenvalue weighted by atomic mass is 15.1. The predicted octanol–water partition coefficient (Wildman–Crippen LogP) is 1.08. The highest BCUT2D eigenvalue weighted by molar-refractivity contribution is 4.87. The van der Waals surface area contributed by atoms with Gasteiger partial charge in [0.15, 0.2) is 0 Å². The number of nitrogens with zero attached hydrogens (tertiary/aromatic N) is 1. The van der Waals surface area contributed by atoms with Gasteiger partial charge in [-0.15, -0.1) is 6.42 Å². The molecule has 0 radical (unpaired) electrons. The summed E-state index contributed by atoms with van der Waals surface area (Å²) < 4.78 is 0. The monoisotopic (exact) mass is 180 g/mol. The van der Waals surface area contributed by atoms with Gasteiger partial charge < -0.3 is 5.32 Å². The molecule has 0 heterocycles. The van der Waals surface area contributed by atoms with Gasteiger partial charge in [-0.3, -0.25) is 4.90 Å². The summed E-state index contributed by atoms with van der Waals surface area (Å²) in [5, 5.41) is 3.56. The second-order valence-corrected chi connectivity index (χ2v) is 3.88. The van der Waals surface area contributed by atoms with Crippen molar-refractivity contribution in [2.75, 3.05) is 26.7 Å². The predicted molar refractivity (Wildman–Crippen MR) is 56.6 cm³/mol. The van der Waals surface area contributed by atoms with E-state index in [0.717, 1.165) is 25.7 Å². The molecule has 1 rings (SSSR count). The molecular weight excluding hydrogens is 160 g/mol. The number of hydrogen-bond acceptors (Lipinski definition) is 2. The molecule has 0 amide bonds. The van der Waals surface area contributed by atoms with Crippen LogP contribution in [-0.4, -0.2) is 37.6 Å². The third-order valence-electron chi connectivity index (χ3n) is 2.64. The van der Waals surface area contributed by atoms with E-state index >= 15 is 0 Å². The van der Waals surface area contributed by atoms with Gasteiger partial charge in [0, 0.05) is 19.1 Å². The molecule has 2 nitrogen and oxygen atoms in total. The Balaban J connectivity index is 1.97. The molecule has 74 valence electrons. The van der Waals surface area contributed by atoms with Crippen molar-refractivity contribution in [1.82, 2.24) is 10.2 Å². The summed E-state index contributed by atoms with van der Waals surface area (Å²) in [6.45, 7) is 2.88. The van der Waals surface area contributed by atoms with Crippen LogP contribution in [0.1, 0.15) is 25.7 Å². The van der Waals surface area contributed by atoms with E-state index in [0.29, 0.717) is 0 Å². The third-order valence-corrected chi connectivity index (χ3v) is 2.64. The van der Waals surface area contributed by atoms with Crippen molar-refractivity contribution in [1.29, 1.82) is 0 Å². The average Bonchev–Trinajstić information content (AvgIpc) is 2.57. The van der Waals surface area contributed by atoms with Crippen molar-refractivity contribution in [2.24, 2.45) is 0 Å². The van der Waals surface area contributed by atoms with Gasteiger partial charge in [0.25, 0.3) is 0 Å². The Morgan fingerprint density at radius 3 is 2.77 bits per heavy atom. The highest BCUT2D eigenvalue weighted by Crippen LogP contribution is 2.17. The van der Waals surface area contributed by atoms with E-state index < -0.39 is 0 Å². The topological polar surface area (TPSA) is 15.3 Å². The van der Waals surface area contributed by atoms with Gasteiger partial charge in [0.2, 0.25) is 0 Å². The third kappa shape index (κ3) is 4.31. The Bertz CT molecular complexity index is 165. The van der Waals surface area contributed by atoms with E-state index in [1.54, 1.807) is 0 Å². The molecule has 1 aliphatic rings. The molecule has 0 unspecified atom stereocenters. The lowest BCUT2D eigenvalue weighted by Gasteiger charge is -2.16. The fourth-order valence-electron chi connectivity index (χ4n) is 1.82. The Hall–Kier alpha value is -0.520. The zero-order valence-corrected chi connectivity index (χ0v) is 8.55. The first-order valence-electron chi connectivity index (χ1n) is 5.18. The van der Waals surface area contributed by atoms with Crippen molar-refractivity contribution in [3.8, 4) is 12.3 Å². The van der Waals surface area contributed by atoms with Crippen LogP contribution in [0.4, 0.5) is 0 Å². The van der Waals surface area contributed by atoms with Crippen LogP contribution in [0.2, 0.25) is 0 Å². The lowest BCUT2D eigenvalue weighted by molar-refractivity contribution is 0.358. The molecular formula is C11H20N2. The van der Waals surface area contributed by atoms with Gasteiger partial charge in [-0.05, 0) is 19.9 Å². The Kier molecular flexibility index (Phi) is 4.88. The maximum Gasteiger partial charge on any atom is 0.0596 e. The summed E-state index contributed by atoms with van der Waals surface area (Å²) in [5.41, 5.74) is 0. The fraction of sp³-hybridized carbons (Fsp3) is 0.818. The molecule has 0 spiro atoms. The summed E-state index contributed by atoms with van der Waals surface area (Å²) in [6, 6.07) is 0.777. The van der Waals surface area contributed by atoms with Crippen molar-refractivity contribution >= 4 is 0 Å². The Morgan fingerprint density at radius 1 is 1.46 bits per heavy atom. The van der Waals surface area contributed by atoms with Crippen molar-refractivity contribution < 1.29 is 0 Å². The van der Waals surface area contributed by atoms with Crippen LogP contribution >= 0.6 is 0 Å². The van der Waals surface area contributed by atoms with Crippen molar-refractivity contribution in [3.63, 3.8) is 0 Å². The van der Waals surface area contributed by atoms with Crippen LogP contribution in [0.3, 0.4) is 0 Å². The second kappa shape index (κ2) is 6.01. The Labute approximate surface area is 81.7 Å². The maximum absolute atomic E-state index is 5.21. The quantitative estimate of drug-likeness (QED) is 0.637. The smallest absolute Gasteiger partial charge is 0.0596 e. The number of rotatable bonds is 5. The minimum Gasteiger partial charge on any atom is -0.313 e. The zero-order valence-electron chi connectivity index (χ0n) is 8.55. The van der Waals surface area contributed by atoms with Gasteiger partial charge in [-0.25, -0.2) is 0 Å². The molecule has 1 saturated carbocycles. The number of terminal acetylenes is 1. The first-order chi connectivity index (χ1) is 6.33. The minimum absolute atomic E-state index is 0.756. The van der Waals surface area contributed by atoms with Crippen LogP contribution in [-0.2, 0) is 0 Å². The molecule has 1 aliphatic carbocycles. The van der Waals surface area contributed by atoms with Crippen molar-refractivity contribution in [2.45, 2.75) is 31.7 Å². The van der Waals surface area contributed by atoms with E-state index in [2.05, 4.69) is 23.2 Å². The lowest BCUT2D eigenvalue weighted by atomic mass is 10.2. The van der Waals surface area contributed by atoms with Crippen LogP contribution < -0.4 is 5.32 Å². The van der Waals surface area contributed by atoms with E-state index in [9.17, 15) is 0 Å². The summed E-state index contributed by atoms with van der Waals surface area (Å²) in [6.07, 6.45) is 10.7. The molecule has 1 fully saturated rings. The molecule has 0 aromatic rings. The first kappa shape index (κ1) is 10.6. The molecule has 2 heteroatoms. The van der Waals surface area contributed by atoms with Crippen LogP contribution in [0, 0.1) is 12.3 Å². The molecule has 0 aromatic carbocycles. The molecule has 1 N–H and O–H groups in total. The standard InChI is InChI=1S/C11H20N2/c1-3-9-13(2)10-8-12-11-6-4-5-7-11/h1,11-12H,4-10H2,2H3. The van der Waals surface area contributed by atoms with Gasteiger partial charge in [-0.1, -0.05) is 18.8 Å².